The highest BCUT2D eigenvalue weighted by atomic mass is 16.5. The molecule has 1 fully saturated rings. The number of hydrogen-bond acceptors (Lipinski definition) is 3. The number of amides is 1. The van der Waals surface area contributed by atoms with Crippen molar-refractivity contribution in [3.05, 3.63) is 0 Å². The smallest absolute Gasteiger partial charge is 0.224 e. The van der Waals surface area contributed by atoms with Crippen LogP contribution < -0.4 is 11.1 Å². The molecule has 1 saturated heterocycles. The molecule has 16 heavy (non-hydrogen) atoms. The molecular formula is C12H24N2O2. The van der Waals surface area contributed by atoms with Crippen molar-refractivity contribution in [1.29, 1.82) is 0 Å². The number of rotatable bonds is 5. The molecule has 1 amide bonds. The van der Waals surface area contributed by atoms with E-state index in [0.29, 0.717) is 12.5 Å². The van der Waals surface area contributed by atoms with Gasteiger partial charge in [0.05, 0.1) is 12.5 Å². The highest BCUT2D eigenvalue weighted by Gasteiger charge is 2.27. The third kappa shape index (κ3) is 3.46. The van der Waals surface area contributed by atoms with E-state index >= 15 is 0 Å². The zero-order valence-corrected chi connectivity index (χ0v) is 10.5. The topological polar surface area (TPSA) is 64.4 Å². The van der Waals surface area contributed by atoms with Gasteiger partial charge < -0.3 is 15.8 Å². The first-order chi connectivity index (χ1) is 7.56. The van der Waals surface area contributed by atoms with E-state index in [2.05, 4.69) is 5.32 Å². The Morgan fingerprint density at radius 3 is 2.62 bits per heavy atom. The van der Waals surface area contributed by atoms with Crippen LogP contribution in [0.3, 0.4) is 0 Å². The molecule has 0 radical (unpaired) electrons. The van der Waals surface area contributed by atoms with Gasteiger partial charge in [0, 0.05) is 25.1 Å². The van der Waals surface area contributed by atoms with Gasteiger partial charge in [-0.3, -0.25) is 4.79 Å². The van der Waals surface area contributed by atoms with Crippen LogP contribution in [0.25, 0.3) is 0 Å². The zero-order valence-electron chi connectivity index (χ0n) is 10.5. The Morgan fingerprint density at radius 1 is 1.50 bits per heavy atom. The summed E-state index contributed by atoms with van der Waals surface area (Å²) in [4.78, 5) is 12.0. The minimum atomic E-state index is -0.0789. The lowest BCUT2D eigenvalue weighted by molar-refractivity contribution is -0.126. The SMILES string of the molecule is CC(C)C(CN)C(=O)NC(C)C1CCOC1. The van der Waals surface area contributed by atoms with Crippen molar-refractivity contribution >= 4 is 5.91 Å². The molecule has 0 aromatic rings. The molecule has 94 valence electrons. The second kappa shape index (κ2) is 6.21. The van der Waals surface area contributed by atoms with Crippen LogP contribution >= 0.6 is 0 Å². The Hall–Kier alpha value is -0.610. The van der Waals surface area contributed by atoms with Gasteiger partial charge in [0.25, 0.3) is 0 Å². The molecule has 3 atom stereocenters. The monoisotopic (exact) mass is 228 g/mol. The van der Waals surface area contributed by atoms with Crippen molar-refractivity contribution in [2.45, 2.75) is 33.2 Å². The van der Waals surface area contributed by atoms with Gasteiger partial charge in [-0.2, -0.15) is 0 Å². The van der Waals surface area contributed by atoms with Gasteiger partial charge in [0.1, 0.15) is 0 Å². The molecule has 3 N–H and O–H groups in total. The largest absolute Gasteiger partial charge is 0.381 e. The predicted molar refractivity (Wildman–Crippen MR) is 63.9 cm³/mol. The molecule has 1 rings (SSSR count). The fourth-order valence-electron chi connectivity index (χ4n) is 2.08. The van der Waals surface area contributed by atoms with Crippen molar-refractivity contribution in [3.8, 4) is 0 Å². The molecule has 4 heteroatoms. The Balaban J connectivity index is 2.42. The highest BCUT2D eigenvalue weighted by Crippen LogP contribution is 2.17. The Labute approximate surface area is 97.9 Å². The van der Waals surface area contributed by atoms with Crippen LogP contribution in [0.1, 0.15) is 27.2 Å². The quantitative estimate of drug-likeness (QED) is 0.730. The molecule has 0 spiro atoms. The van der Waals surface area contributed by atoms with E-state index < -0.39 is 0 Å². The Bertz CT molecular complexity index is 225. The lowest BCUT2D eigenvalue weighted by Gasteiger charge is -2.24. The number of nitrogens with one attached hydrogen (secondary N) is 1. The van der Waals surface area contributed by atoms with Crippen LogP contribution in [0, 0.1) is 17.8 Å². The maximum atomic E-state index is 12.0. The summed E-state index contributed by atoms with van der Waals surface area (Å²) >= 11 is 0. The molecule has 1 aliphatic heterocycles. The van der Waals surface area contributed by atoms with Crippen molar-refractivity contribution in [3.63, 3.8) is 0 Å². The average molecular weight is 228 g/mol. The molecule has 1 heterocycles. The van der Waals surface area contributed by atoms with Crippen LogP contribution in [0.2, 0.25) is 0 Å². The lowest BCUT2D eigenvalue weighted by atomic mass is 9.93. The van der Waals surface area contributed by atoms with Gasteiger partial charge in [-0.25, -0.2) is 0 Å². The van der Waals surface area contributed by atoms with E-state index in [0.717, 1.165) is 19.6 Å². The van der Waals surface area contributed by atoms with E-state index in [-0.39, 0.29) is 23.8 Å². The number of carbonyl (C=O) groups is 1. The van der Waals surface area contributed by atoms with Crippen LogP contribution in [0.15, 0.2) is 0 Å². The van der Waals surface area contributed by atoms with Crippen LogP contribution in [-0.4, -0.2) is 31.7 Å². The summed E-state index contributed by atoms with van der Waals surface area (Å²) in [6.07, 6.45) is 1.04. The summed E-state index contributed by atoms with van der Waals surface area (Å²) in [5.41, 5.74) is 5.62. The van der Waals surface area contributed by atoms with Gasteiger partial charge in [-0.1, -0.05) is 13.8 Å². The van der Waals surface area contributed by atoms with Gasteiger partial charge in [-0.05, 0) is 19.3 Å². The minimum absolute atomic E-state index is 0.0789. The van der Waals surface area contributed by atoms with Crippen molar-refractivity contribution in [2.24, 2.45) is 23.5 Å². The van der Waals surface area contributed by atoms with Gasteiger partial charge >= 0.3 is 0 Å². The summed E-state index contributed by atoms with van der Waals surface area (Å²) in [7, 11) is 0. The average Bonchev–Trinajstić information content (AvgIpc) is 2.70. The van der Waals surface area contributed by atoms with Gasteiger partial charge in [0.2, 0.25) is 5.91 Å². The lowest BCUT2D eigenvalue weighted by Crippen LogP contribution is -2.45. The van der Waals surface area contributed by atoms with Crippen LogP contribution in [0.5, 0.6) is 0 Å². The standard InChI is InChI=1S/C12H24N2O2/c1-8(2)11(6-13)12(15)14-9(3)10-4-5-16-7-10/h8-11H,4-7,13H2,1-3H3,(H,14,15). The number of carbonyl (C=O) groups excluding carboxylic acids is 1. The molecule has 0 aromatic carbocycles. The van der Waals surface area contributed by atoms with Crippen molar-refractivity contribution < 1.29 is 9.53 Å². The molecule has 0 saturated carbocycles. The van der Waals surface area contributed by atoms with Crippen molar-refractivity contribution in [2.75, 3.05) is 19.8 Å². The molecule has 3 unspecified atom stereocenters. The highest BCUT2D eigenvalue weighted by molar-refractivity contribution is 5.79. The molecule has 0 aliphatic carbocycles. The number of hydrogen-bond donors (Lipinski definition) is 2. The van der Waals surface area contributed by atoms with E-state index in [4.69, 9.17) is 10.5 Å². The van der Waals surface area contributed by atoms with E-state index in [9.17, 15) is 4.79 Å². The zero-order chi connectivity index (χ0) is 12.1. The molecule has 1 aliphatic rings. The van der Waals surface area contributed by atoms with Crippen LogP contribution in [-0.2, 0) is 9.53 Å². The van der Waals surface area contributed by atoms with Gasteiger partial charge in [-0.15, -0.1) is 0 Å². The Morgan fingerprint density at radius 2 is 2.19 bits per heavy atom. The van der Waals surface area contributed by atoms with E-state index in [1.165, 1.54) is 0 Å². The molecular weight excluding hydrogens is 204 g/mol. The first-order valence-corrected chi connectivity index (χ1v) is 6.14. The number of ether oxygens (including phenoxy) is 1. The first-order valence-electron chi connectivity index (χ1n) is 6.14. The van der Waals surface area contributed by atoms with E-state index in [1.54, 1.807) is 0 Å². The molecule has 4 nitrogen and oxygen atoms in total. The third-order valence-corrected chi connectivity index (χ3v) is 3.44. The summed E-state index contributed by atoms with van der Waals surface area (Å²) in [6.45, 7) is 8.09. The minimum Gasteiger partial charge on any atom is -0.381 e. The van der Waals surface area contributed by atoms with Gasteiger partial charge in [0.15, 0.2) is 0 Å². The van der Waals surface area contributed by atoms with Crippen LogP contribution in [0.4, 0.5) is 0 Å². The summed E-state index contributed by atoms with van der Waals surface area (Å²) < 4.78 is 5.32. The number of nitrogens with two attached hydrogens (primary N) is 1. The first kappa shape index (κ1) is 13.5. The predicted octanol–water partition coefficient (Wildman–Crippen LogP) is 0.759. The second-order valence-electron chi connectivity index (χ2n) is 5.01. The fourth-order valence-corrected chi connectivity index (χ4v) is 2.08. The fraction of sp³-hybridized carbons (Fsp3) is 0.917. The Kier molecular flexibility index (Phi) is 5.22. The maximum absolute atomic E-state index is 12.0. The maximum Gasteiger partial charge on any atom is 0.224 e. The molecule has 0 bridgehead atoms. The molecule has 0 aromatic heterocycles. The summed E-state index contributed by atoms with van der Waals surface area (Å²) in [5, 5.41) is 3.06. The second-order valence-corrected chi connectivity index (χ2v) is 5.01. The summed E-state index contributed by atoms with van der Waals surface area (Å²) in [5.74, 6) is 0.744. The summed E-state index contributed by atoms with van der Waals surface area (Å²) in [6, 6.07) is 0.183. The normalized spacial score (nSPS) is 24.4. The third-order valence-electron chi connectivity index (χ3n) is 3.44. The van der Waals surface area contributed by atoms with E-state index in [1.807, 2.05) is 20.8 Å². The van der Waals surface area contributed by atoms with Crippen molar-refractivity contribution in [1.82, 2.24) is 5.32 Å².